The molecule has 0 bridgehead atoms. The van der Waals surface area contributed by atoms with E-state index in [4.69, 9.17) is 0 Å². The van der Waals surface area contributed by atoms with Crippen molar-refractivity contribution in [2.24, 2.45) is 0 Å². The summed E-state index contributed by atoms with van der Waals surface area (Å²) in [6.45, 7) is 8.04. The quantitative estimate of drug-likeness (QED) is 0.617. The molecule has 1 heteroatoms. The van der Waals surface area contributed by atoms with Crippen molar-refractivity contribution in [1.29, 1.82) is 0 Å². The Bertz CT molecular complexity index is 102. The van der Waals surface area contributed by atoms with Gasteiger partial charge in [0.05, 0.1) is 0 Å². The summed E-state index contributed by atoms with van der Waals surface area (Å²) in [5, 5.41) is 3.17. The van der Waals surface area contributed by atoms with Crippen molar-refractivity contribution in [3.63, 3.8) is 0 Å². The van der Waals surface area contributed by atoms with E-state index in [1.54, 1.807) is 0 Å². The van der Waals surface area contributed by atoms with Crippen LogP contribution >= 0.6 is 0 Å². The molecule has 0 spiro atoms. The summed E-state index contributed by atoms with van der Waals surface area (Å²) in [7, 11) is 2.00. The maximum Gasteiger partial charge on any atom is 0.00356 e. The summed E-state index contributed by atoms with van der Waals surface area (Å²) in [6, 6.07) is 0.699. The number of hydrogen-bond donors (Lipinski definition) is 1. The van der Waals surface area contributed by atoms with E-state index in [9.17, 15) is 0 Å². The molecule has 0 aliphatic carbocycles. The van der Waals surface area contributed by atoms with E-state index < -0.39 is 0 Å². The maximum absolute atomic E-state index is 3.17. The zero-order chi connectivity index (χ0) is 9.11. The van der Waals surface area contributed by atoms with Crippen molar-refractivity contribution in [2.45, 2.75) is 46.6 Å². The zero-order valence-electron chi connectivity index (χ0n) is 8.49. The Hall–Kier alpha value is -0.480. The SMILES string of the molecule is CC#CC.CCCC(C)NC. The summed E-state index contributed by atoms with van der Waals surface area (Å²) < 4.78 is 0. The molecule has 0 rings (SSSR count). The molecule has 11 heavy (non-hydrogen) atoms. The summed E-state index contributed by atoms with van der Waals surface area (Å²) >= 11 is 0. The van der Waals surface area contributed by atoms with E-state index in [1.807, 2.05) is 20.9 Å². The van der Waals surface area contributed by atoms with Crippen LogP contribution in [0.1, 0.15) is 40.5 Å². The standard InChI is InChI=1S/C6H15N.C4H6/c1-4-5-6(2)7-3;1-3-4-2/h6-7H,4-5H2,1-3H3;1-2H3. The van der Waals surface area contributed by atoms with Crippen LogP contribution in [0.2, 0.25) is 0 Å². The van der Waals surface area contributed by atoms with Crippen LogP contribution in [0.3, 0.4) is 0 Å². The summed E-state index contributed by atoms with van der Waals surface area (Å²) in [5.41, 5.74) is 0. The molecule has 0 aromatic rings. The van der Waals surface area contributed by atoms with Gasteiger partial charge in [0, 0.05) is 6.04 Å². The fourth-order valence-electron chi connectivity index (χ4n) is 0.577. The van der Waals surface area contributed by atoms with Crippen LogP contribution in [0.25, 0.3) is 0 Å². The van der Waals surface area contributed by atoms with Crippen LogP contribution in [0, 0.1) is 11.8 Å². The predicted octanol–water partition coefficient (Wildman–Crippen LogP) is 2.42. The molecule has 0 saturated heterocycles. The average Bonchev–Trinajstić information content (AvgIpc) is 2.05. The second-order valence-corrected chi connectivity index (χ2v) is 2.48. The Morgan fingerprint density at radius 1 is 1.27 bits per heavy atom. The van der Waals surface area contributed by atoms with Gasteiger partial charge in [0.15, 0.2) is 0 Å². The Morgan fingerprint density at radius 2 is 1.73 bits per heavy atom. The van der Waals surface area contributed by atoms with Gasteiger partial charge in [0.1, 0.15) is 0 Å². The smallest absolute Gasteiger partial charge is 0.00356 e. The van der Waals surface area contributed by atoms with Gasteiger partial charge < -0.3 is 5.32 Å². The molecule has 0 aliphatic rings. The van der Waals surface area contributed by atoms with Crippen LogP contribution in [0.5, 0.6) is 0 Å². The van der Waals surface area contributed by atoms with Crippen molar-refractivity contribution in [2.75, 3.05) is 7.05 Å². The fourth-order valence-corrected chi connectivity index (χ4v) is 0.577. The highest BCUT2D eigenvalue weighted by atomic mass is 14.8. The minimum absolute atomic E-state index is 0.699. The van der Waals surface area contributed by atoms with Crippen molar-refractivity contribution >= 4 is 0 Å². The normalized spacial score (nSPS) is 10.3. The number of rotatable bonds is 3. The van der Waals surface area contributed by atoms with Gasteiger partial charge in [0.2, 0.25) is 0 Å². The van der Waals surface area contributed by atoms with Crippen molar-refractivity contribution in [3.05, 3.63) is 0 Å². The minimum Gasteiger partial charge on any atom is -0.317 e. The first-order valence-electron chi connectivity index (χ1n) is 4.23. The van der Waals surface area contributed by atoms with Crippen LogP contribution in [0.4, 0.5) is 0 Å². The first-order chi connectivity index (χ1) is 5.22. The largest absolute Gasteiger partial charge is 0.317 e. The van der Waals surface area contributed by atoms with E-state index >= 15 is 0 Å². The third-order valence-corrected chi connectivity index (χ3v) is 1.46. The van der Waals surface area contributed by atoms with Crippen molar-refractivity contribution in [1.82, 2.24) is 5.32 Å². The van der Waals surface area contributed by atoms with Gasteiger partial charge in [-0.25, -0.2) is 0 Å². The lowest BCUT2D eigenvalue weighted by Gasteiger charge is -2.05. The van der Waals surface area contributed by atoms with Gasteiger partial charge in [0.25, 0.3) is 0 Å². The molecule has 1 unspecified atom stereocenters. The van der Waals surface area contributed by atoms with E-state index in [2.05, 4.69) is 31.0 Å². The van der Waals surface area contributed by atoms with E-state index in [-0.39, 0.29) is 0 Å². The zero-order valence-corrected chi connectivity index (χ0v) is 8.49. The van der Waals surface area contributed by atoms with E-state index in [1.165, 1.54) is 12.8 Å². The highest BCUT2D eigenvalue weighted by Crippen LogP contribution is 1.91. The Labute approximate surface area is 71.6 Å². The Morgan fingerprint density at radius 3 is 1.82 bits per heavy atom. The highest BCUT2D eigenvalue weighted by Gasteiger charge is 1.91. The second kappa shape index (κ2) is 12.2. The molecule has 0 aromatic heterocycles. The highest BCUT2D eigenvalue weighted by molar-refractivity contribution is 4.89. The van der Waals surface area contributed by atoms with E-state index in [0.717, 1.165) is 0 Å². The van der Waals surface area contributed by atoms with Crippen LogP contribution in [-0.2, 0) is 0 Å². The lowest BCUT2D eigenvalue weighted by atomic mass is 10.2. The molecular weight excluding hydrogens is 134 g/mol. The van der Waals surface area contributed by atoms with Crippen LogP contribution in [-0.4, -0.2) is 13.1 Å². The fraction of sp³-hybridized carbons (Fsp3) is 0.800. The maximum atomic E-state index is 3.17. The van der Waals surface area contributed by atoms with Crippen molar-refractivity contribution in [3.8, 4) is 11.8 Å². The molecule has 0 saturated carbocycles. The summed E-state index contributed by atoms with van der Waals surface area (Å²) in [6.07, 6.45) is 2.57. The van der Waals surface area contributed by atoms with Crippen LogP contribution < -0.4 is 5.32 Å². The van der Waals surface area contributed by atoms with Gasteiger partial charge in [-0.2, -0.15) is 0 Å². The first-order valence-corrected chi connectivity index (χ1v) is 4.23. The van der Waals surface area contributed by atoms with Gasteiger partial charge in [-0.1, -0.05) is 13.3 Å². The molecule has 0 aromatic carbocycles. The lowest BCUT2D eigenvalue weighted by Crippen LogP contribution is -2.20. The van der Waals surface area contributed by atoms with Gasteiger partial charge in [-0.3, -0.25) is 0 Å². The molecule has 1 nitrogen and oxygen atoms in total. The molecule has 0 radical (unpaired) electrons. The third kappa shape index (κ3) is 17.7. The number of hydrogen-bond acceptors (Lipinski definition) is 1. The molecular formula is C10H21N. The molecule has 66 valence electrons. The molecule has 1 atom stereocenters. The van der Waals surface area contributed by atoms with E-state index in [0.29, 0.717) is 6.04 Å². The Kier molecular flexibility index (Phi) is 14.6. The summed E-state index contributed by atoms with van der Waals surface area (Å²) in [5.74, 6) is 5.36. The van der Waals surface area contributed by atoms with Gasteiger partial charge >= 0.3 is 0 Å². The lowest BCUT2D eigenvalue weighted by molar-refractivity contribution is 0.557. The topological polar surface area (TPSA) is 12.0 Å². The van der Waals surface area contributed by atoms with Crippen LogP contribution in [0.15, 0.2) is 0 Å². The van der Waals surface area contributed by atoms with Gasteiger partial charge in [-0.15, -0.1) is 11.8 Å². The number of nitrogens with one attached hydrogen (secondary N) is 1. The molecule has 0 fully saturated rings. The van der Waals surface area contributed by atoms with Crippen molar-refractivity contribution < 1.29 is 0 Å². The molecule has 0 heterocycles. The Balaban J connectivity index is 0. The minimum atomic E-state index is 0.699. The molecule has 0 amide bonds. The molecule has 1 N–H and O–H groups in total. The molecule has 0 aliphatic heterocycles. The average molecular weight is 155 g/mol. The second-order valence-electron chi connectivity index (χ2n) is 2.48. The monoisotopic (exact) mass is 155 g/mol. The van der Waals surface area contributed by atoms with Gasteiger partial charge in [-0.05, 0) is 34.2 Å². The first kappa shape index (κ1) is 13.1. The summed E-state index contributed by atoms with van der Waals surface area (Å²) in [4.78, 5) is 0. The third-order valence-electron chi connectivity index (χ3n) is 1.46. The predicted molar refractivity (Wildman–Crippen MR) is 52.6 cm³/mol.